The third kappa shape index (κ3) is 3.17. The van der Waals surface area contributed by atoms with Gasteiger partial charge in [0.1, 0.15) is 0 Å². The smallest absolute Gasteiger partial charge is 0.309 e. The van der Waals surface area contributed by atoms with Crippen molar-refractivity contribution in [2.24, 2.45) is 5.92 Å². The second-order valence-electron chi connectivity index (χ2n) is 5.33. The summed E-state index contributed by atoms with van der Waals surface area (Å²) in [6.45, 7) is 3.97. The number of ether oxygens (including phenoxy) is 1. The van der Waals surface area contributed by atoms with E-state index in [1.54, 1.807) is 0 Å². The predicted octanol–water partition coefficient (Wildman–Crippen LogP) is 2.10. The van der Waals surface area contributed by atoms with Crippen LogP contribution in [0, 0.1) is 24.2 Å². The van der Waals surface area contributed by atoms with Gasteiger partial charge in [0.15, 0.2) is 0 Å². The van der Waals surface area contributed by atoms with Crippen molar-refractivity contribution in [2.75, 3.05) is 26.7 Å². The Hall–Kier alpha value is -1.86. The van der Waals surface area contributed by atoms with E-state index in [0.29, 0.717) is 6.54 Å². The Morgan fingerprint density at radius 3 is 3.00 bits per heavy atom. The van der Waals surface area contributed by atoms with Crippen LogP contribution in [-0.4, -0.2) is 37.6 Å². The third-order valence-corrected chi connectivity index (χ3v) is 3.97. The lowest BCUT2D eigenvalue weighted by Gasteiger charge is -2.36. The largest absolute Gasteiger partial charge is 0.469 e. The number of nitriles is 1. The molecule has 0 amide bonds. The monoisotopic (exact) mass is 272 g/mol. The number of hydrogen-bond donors (Lipinski definition) is 0. The van der Waals surface area contributed by atoms with Crippen LogP contribution in [-0.2, 0) is 9.53 Å². The third-order valence-electron chi connectivity index (χ3n) is 3.97. The summed E-state index contributed by atoms with van der Waals surface area (Å²) in [7, 11) is 1.44. The normalized spacial score (nSPS) is 23.1. The summed E-state index contributed by atoms with van der Waals surface area (Å²) in [5.74, 6) is -0.158. The molecule has 1 aromatic carbocycles. The number of likely N-dealkylation sites (tertiary alicyclic amines) is 1. The van der Waals surface area contributed by atoms with E-state index in [0.717, 1.165) is 25.1 Å². The molecule has 2 unspecified atom stereocenters. The highest BCUT2D eigenvalue weighted by molar-refractivity contribution is 5.74. The van der Waals surface area contributed by atoms with Gasteiger partial charge in [-0.25, -0.2) is 0 Å². The van der Waals surface area contributed by atoms with Crippen molar-refractivity contribution in [3.8, 4) is 6.07 Å². The van der Waals surface area contributed by atoms with Crippen LogP contribution in [0.1, 0.15) is 23.5 Å². The second-order valence-corrected chi connectivity index (χ2v) is 5.33. The molecule has 106 valence electrons. The summed E-state index contributed by atoms with van der Waals surface area (Å²) in [6.07, 6.45) is 0.743. The molecule has 0 aliphatic carbocycles. The molecular formula is C16H20N2O2. The quantitative estimate of drug-likeness (QED) is 0.624. The number of carbonyl (C=O) groups is 1. The Labute approximate surface area is 120 Å². The molecule has 1 saturated heterocycles. The van der Waals surface area contributed by atoms with Crippen molar-refractivity contribution in [3.05, 3.63) is 35.4 Å². The van der Waals surface area contributed by atoms with Crippen molar-refractivity contribution in [3.63, 3.8) is 0 Å². The molecule has 0 aromatic heterocycles. The first-order valence-electron chi connectivity index (χ1n) is 6.89. The molecule has 4 heteroatoms. The van der Waals surface area contributed by atoms with Crippen LogP contribution in [0.25, 0.3) is 0 Å². The summed E-state index contributed by atoms with van der Waals surface area (Å²) in [6, 6.07) is 10.4. The number of carbonyl (C=O) groups excluding carboxylic acids is 1. The molecule has 1 heterocycles. The highest BCUT2D eigenvalue weighted by Gasteiger charge is 2.35. The summed E-state index contributed by atoms with van der Waals surface area (Å²) in [5.41, 5.74) is 2.34. The fraction of sp³-hybridized carbons (Fsp3) is 0.500. The van der Waals surface area contributed by atoms with Gasteiger partial charge in [0, 0.05) is 19.0 Å². The highest BCUT2D eigenvalue weighted by Crippen LogP contribution is 2.33. The molecule has 2 rings (SSSR count). The molecule has 1 aliphatic rings. The standard InChI is InChI=1S/C16H20N2O2/c1-12-4-3-5-13(10-12)15-11-18(9-7-17)8-6-14(15)16(19)20-2/h3-5,10,14-15H,6,8-9,11H2,1-2H3. The van der Waals surface area contributed by atoms with Crippen molar-refractivity contribution in [2.45, 2.75) is 19.3 Å². The summed E-state index contributed by atoms with van der Waals surface area (Å²) in [4.78, 5) is 14.1. The lowest BCUT2D eigenvalue weighted by Crippen LogP contribution is -2.42. The SMILES string of the molecule is COC(=O)C1CCN(CC#N)CC1c1cccc(C)c1. The zero-order chi connectivity index (χ0) is 14.5. The summed E-state index contributed by atoms with van der Waals surface area (Å²) >= 11 is 0. The minimum absolute atomic E-state index is 0.101. The van der Waals surface area contributed by atoms with Gasteiger partial charge in [-0.1, -0.05) is 29.8 Å². The van der Waals surface area contributed by atoms with Crippen LogP contribution in [0.5, 0.6) is 0 Å². The molecule has 4 nitrogen and oxygen atoms in total. The van der Waals surface area contributed by atoms with E-state index in [2.05, 4.69) is 23.1 Å². The predicted molar refractivity (Wildman–Crippen MR) is 76.1 cm³/mol. The van der Waals surface area contributed by atoms with Gasteiger partial charge in [-0.2, -0.15) is 5.26 Å². The maximum absolute atomic E-state index is 12.0. The van der Waals surface area contributed by atoms with Crippen LogP contribution in [0.4, 0.5) is 0 Å². The zero-order valence-corrected chi connectivity index (χ0v) is 12.0. The van der Waals surface area contributed by atoms with Gasteiger partial charge in [-0.15, -0.1) is 0 Å². The molecule has 1 fully saturated rings. The molecule has 0 N–H and O–H groups in total. The van der Waals surface area contributed by atoms with Gasteiger partial charge >= 0.3 is 5.97 Å². The minimum atomic E-state index is -0.145. The lowest BCUT2D eigenvalue weighted by molar-refractivity contribution is -0.147. The van der Waals surface area contributed by atoms with E-state index in [4.69, 9.17) is 10.00 Å². The minimum Gasteiger partial charge on any atom is -0.469 e. The zero-order valence-electron chi connectivity index (χ0n) is 12.0. The Morgan fingerprint density at radius 2 is 2.35 bits per heavy atom. The van der Waals surface area contributed by atoms with Crippen molar-refractivity contribution in [1.29, 1.82) is 5.26 Å². The molecule has 20 heavy (non-hydrogen) atoms. The van der Waals surface area contributed by atoms with Crippen LogP contribution in [0.3, 0.4) is 0 Å². The Balaban J connectivity index is 2.26. The van der Waals surface area contributed by atoms with E-state index < -0.39 is 0 Å². The van der Waals surface area contributed by atoms with Crippen LogP contribution in [0.15, 0.2) is 24.3 Å². The second kappa shape index (κ2) is 6.53. The molecule has 1 aromatic rings. The van der Waals surface area contributed by atoms with E-state index >= 15 is 0 Å². The molecule has 2 atom stereocenters. The fourth-order valence-corrected chi connectivity index (χ4v) is 2.94. The maximum Gasteiger partial charge on any atom is 0.309 e. The Kier molecular flexibility index (Phi) is 4.75. The first-order valence-corrected chi connectivity index (χ1v) is 6.89. The van der Waals surface area contributed by atoms with E-state index in [9.17, 15) is 4.79 Å². The van der Waals surface area contributed by atoms with E-state index in [1.165, 1.54) is 12.7 Å². The average molecular weight is 272 g/mol. The van der Waals surface area contributed by atoms with Crippen LogP contribution in [0.2, 0.25) is 0 Å². The number of rotatable bonds is 3. The first-order chi connectivity index (χ1) is 9.65. The Bertz CT molecular complexity index is 521. The van der Waals surface area contributed by atoms with Gasteiger partial charge in [0.25, 0.3) is 0 Å². The fourth-order valence-electron chi connectivity index (χ4n) is 2.94. The van der Waals surface area contributed by atoms with Gasteiger partial charge in [0.2, 0.25) is 0 Å². The van der Waals surface area contributed by atoms with Crippen molar-refractivity contribution < 1.29 is 9.53 Å². The number of hydrogen-bond acceptors (Lipinski definition) is 4. The van der Waals surface area contributed by atoms with Gasteiger partial charge in [-0.05, 0) is 18.9 Å². The van der Waals surface area contributed by atoms with Gasteiger partial charge in [-0.3, -0.25) is 9.69 Å². The molecule has 1 aliphatic heterocycles. The lowest BCUT2D eigenvalue weighted by atomic mass is 9.80. The van der Waals surface area contributed by atoms with Crippen LogP contribution < -0.4 is 0 Å². The molecular weight excluding hydrogens is 252 g/mol. The van der Waals surface area contributed by atoms with E-state index in [1.807, 2.05) is 19.1 Å². The number of methoxy groups -OCH3 is 1. The average Bonchev–Trinajstić information content (AvgIpc) is 2.47. The van der Waals surface area contributed by atoms with Gasteiger partial charge < -0.3 is 4.74 Å². The molecule has 0 saturated carbocycles. The topological polar surface area (TPSA) is 53.3 Å². The number of nitrogens with zero attached hydrogens (tertiary/aromatic N) is 2. The Morgan fingerprint density at radius 1 is 1.55 bits per heavy atom. The number of aryl methyl sites for hydroxylation is 1. The summed E-state index contributed by atoms with van der Waals surface area (Å²) in [5, 5.41) is 8.86. The van der Waals surface area contributed by atoms with Crippen molar-refractivity contribution in [1.82, 2.24) is 4.90 Å². The molecule has 0 bridgehead atoms. The summed E-state index contributed by atoms with van der Waals surface area (Å²) < 4.78 is 4.94. The van der Waals surface area contributed by atoms with Gasteiger partial charge in [0.05, 0.1) is 25.6 Å². The number of esters is 1. The highest BCUT2D eigenvalue weighted by atomic mass is 16.5. The first kappa shape index (κ1) is 14.5. The number of piperidine rings is 1. The van der Waals surface area contributed by atoms with Crippen LogP contribution >= 0.6 is 0 Å². The van der Waals surface area contributed by atoms with Crippen molar-refractivity contribution >= 4 is 5.97 Å². The van der Waals surface area contributed by atoms with E-state index in [-0.39, 0.29) is 17.8 Å². The molecule has 0 spiro atoms. The molecule has 0 radical (unpaired) electrons. The number of benzene rings is 1. The maximum atomic E-state index is 12.0.